The van der Waals surface area contributed by atoms with Crippen LogP contribution < -0.4 is 4.18 Å². The Morgan fingerprint density at radius 2 is 1.48 bits per heavy atom. The molecule has 7 nitrogen and oxygen atoms in total. The molecule has 1 rings (SSSR count). The molecule has 0 fully saturated rings. The average molecular weight is 377 g/mol. The minimum atomic E-state index is -6.13. The standard InChI is InChI=1S/C11H8ClF3O7S/c1-20-9(16)5-3-4-6(10(17)21-2)8(7(5)12)22-23(18,19)11(13,14)15/h3-4H,1-2H3. The number of rotatable bonds is 4. The molecule has 0 aromatic heterocycles. The smallest absolute Gasteiger partial charge is 0.465 e. The van der Waals surface area contributed by atoms with Gasteiger partial charge in [-0.2, -0.15) is 21.6 Å². The lowest BCUT2D eigenvalue weighted by Crippen LogP contribution is -2.29. The molecule has 0 bridgehead atoms. The van der Waals surface area contributed by atoms with Crippen LogP contribution in [0.15, 0.2) is 12.1 Å². The molecule has 0 spiro atoms. The largest absolute Gasteiger partial charge is 0.534 e. The topological polar surface area (TPSA) is 96.0 Å². The molecular formula is C11H8ClF3O7S. The van der Waals surface area contributed by atoms with Crippen LogP contribution in [-0.2, 0) is 19.6 Å². The van der Waals surface area contributed by atoms with Gasteiger partial charge in [0.05, 0.1) is 24.8 Å². The Kier molecular flexibility index (Phi) is 5.48. The summed E-state index contributed by atoms with van der Waals surface area (Å²) in [6.45, 7) is 0. The molecule has 128 valence electrons. The van der Waals surface area contributed by atoms with Crippen LogP contribution in [0.3, 0.4) is 0 Å². The van der Waals surface area contributed by atoms with Gasteiger partial charge < -0.3 is 13.7 Å². The molecular weight excluding hydrogens is 369 g/mol. The highest BCUT2D eigenvalue weighted by atomic mass is 35.5. The number of halogens is 4. The Morgan fingerprint density at radius 3 is 1.91 bits per heavy atom. The summed E-state index contributed by atoms with van der Waals surface area (Å²) in [6, 6.07) is 1.75. The van der Waals surface area contributed by atoms with Gasteiger partial charge in [-0.3, -0.25) is 0 Å². The maximum atomic E-state index is 12.4. The first kappa shape index (κ1) is 19.0. The minimum Gasteiger partial charge on any atom is -0.465 e. The van der Waals surface area contributed by atoms with E-state index in [1.165, 1.54) is 0 Å². The molecule has 12 heteroatoms. The summed E-state index contributed by atoms with van der Waals surface area (Å²) in [4.78, 5) is 23.0. The fourth-order valence-corrected chi connectivity index (χ4v) is 2.15. The summed E-state index contributed by atoms with van der Waals surface area (Å²) in [6.07, 6.45) is 0. The first-order chi connectivity index (χ1) is 10.5. The van der Waals surface area contributed by atoms with Crippen LogP contribution in [0.2, 0.25) is 5.02 Å². The zero-order valence-corrected chi connectivity index (χ0v) is 13.0. The molecule has 0 aliphatic rings. The summed E-state index contributed by atoms with van der Waals surface area (Å²) in [5, 5.41) is -0.854. The van der Waals surface area contributed by atoms with Gasteiger partial charge in [0, 0.05) is 0 Å². The fraction of sp³-hybridized carbons (Fsp3) is 0.273. The zero-order valence-electron chi connectivity index (χ0n) is 11.4. The van der Waals surface area contributed by atoms with Gasteiger partial charge in [-0.1, -0.05) is 11.6 Å². The minimum absolute atomic E-state index is 0.505. The Balaban J connectivity index is 3.59. The third-order valence-corrected chi connectivity index (χ3v) is 3.71. The van der Waals surface area contributed by atoms with Gasteiger partial charge in [0.25, 0.3) is 0 Å². The van der Waals surface area contributed by atoms with Crippen molar-refractivity contribution in [2.75, 3.05) is 14.2 Å². The Hall–Kier alpha value is -2.01. The van der Waals surface area contributed by atoms with E-state index >= 15 is 0 Å². The van der Waals surface area contributed by atoms with Crippen LogP contribution in [-0.4, -0.2) is 40.1 Å². The van der Waals surface area contributed by atoms with Crippen molar-refractivity contribution in [2.45, 2.75) is 5.51 Å². The van der Waals surface area contributed by atoms with E-state index in [4.69, 9.17) is 11.6 Å². The molecule has 0 saturated heterocycles. The van der Waals surface area contributed by atoms with Crippen molar-refractivity contribution in [3.05, 3.63) is 28.3 Å². The molecule has 0 N–H and O–H groups in total. The van der Waals surface area contributed by atoms with Crippen molar-refractivity contribution in [3.63, 3.8) is 0 Å². The van der Waals surface area contributed by atoms with Crippen molar-refractivity contribution < 1.29 is 44.8 Å². The monoisotopic (exact) mass is 376 g/mol. The van der Waals surface area contributed by atoms with Crippen LogP contribution in [0.5, 0.6) is 5.75 Å². The molecule has 1 aromatic rings. The van der Waals surface area contributed by atoms with Gasteiger partial charge in [-0.25, -0.2) is 9.59 Å². The van der Waals surface area contributed by atoms with Gasteiger partial charge in [0.1, 0.15) is 5.56 Å². The second-order valence-corrected chi connectivity index (χ2v) is 5.69. The average Bonchev–Trinajstić information content (AvgIpc) is 2.46. The number of carbonyl (C=O) groups is 2. The van der Waals surface area contributed by atoms with Crippen molar-refractivity contribution in [2.24, 2.45) is 0 Å². The van der Waals surface area contributed by atoms with Crippen LogP contribution in [0.1, 0.15) is 20.7 Å². The van der Waals surface area contributed by atoms with Crippen molar-refractivity contribution in [3.8, 4) is 5.75 Å². The number of benzene rings is 1. The first-order valence-corrected chi connectivity index (χ1v) is 7.24. The number of hydrogen-bond acceptors (Lipinski definition) is 7. The van der Waals surface area contributed by atoms with Crippen LogP contribution >= 0.6 is 11.6 Å². The van der Waals surface area contributed by atoms with E-state index < -0.39 is 49.5 Å². The summed E-state index contributed by atoms with van der Waals surface area (Å²) >= 11 is 5.68. The Morgan fingerprint density at radius 1 is 1.04 bits per heavy atom. The molecule has 0 unspecified atom stereocenters. The van der Waals surface area contributed by atoms with E-state index in [0.29, 0.717) is 0 Å². The molecule has 0 aliphatic carbocycles. The van der Waals surface area contributed by atoms with Gasteiger partial charge in [0.15, 0.2) is 5.75 Å². The summed E-state index contributed by atoms with van der Waals surface area (Å²) in [5.41, 5.74) is -7.00. The highest BCUT2D eigenvalue weighted by Gasteiger charge is 2.49. The Bertz CT molecular complexity index is 743. The van der Waals surface area contributed by atoms with E-state index in [1.54, 1.807) is 0 Å². The highest BCUT2D eigenvalue weighted by molar-refractivity contribution is 7.88. The van der Waals surface area contributed by atoms with Gasteiger partial charge >= 0.3 is 27.6 Å². The summed E-state index contributed by atoms with van der Waals surface area (Å²) in [7, 11) is -4.28. The van der Waals surface area contributed by atoms with Crippen LogP contribution in [0.4, 0.5) is 13.2 Å². The van der Waals surface area contributed by atoms with E-state index in [2.05, 4.69) is 13.7 Å². The number of esters is 2. The summed E-state index contributed by atoms with van der Waals surface area (Å²) in [5.74, 6) is -3.50. The quantitative estimate of drug-likeness (QED) is 0.451. The molecule has 23 heavy (non-hydrogen) atoms. The van der Waals surface area contributed by atoms with E-state index in [1.807, 2.05) is 0 Å². The zero-order chi connectivity index (χ0) is 18.0. The highest BCUT2D eigenvalue weighted by Crippen LogP contribution is 2.37. The fourth-order valence-electron chi connectivity index (χ4n) is 1.33. The van der Waals surface area contributed by atoms with Gasteiger partial charge in [-0.05, 0) is 12.1 Å². The maximum absolute atomic E-state index is 12.4. The lowest BCUT2D eigenvalue weighted by atomic mass is 10.1. The molecule has 0 saturated carbocycles. The number of carbonyl (C=O) groups excluding carboxylic acids is 2. The van der Waals surface area contributed by atoms with Crippen molar-refractivity contribution in [1.82, 2.24) is 0 Å². The number of alkyl halides is 3. The van der Waals surface area contributed by atoms with E-state index in [9.17, 15) is 31.2 Å². The molecule has 1 aromatic carbocycles. The maximum Gasteiger partial charge on any atom is 0.534 e. The predicted octanol–water partition coefficient (Wildman–Crippen LogP) is 2.14. The van der Waals surface area contributed by atoms with Crippen molar-refractivity contribution in [1.29, 1.82) is 0 Å². The third kappa shape index (κ3) is 3.85. The molecule has 0 heterocycles. The van der Waals surface area contributed by atoms with Gasteiger partial charge in [0.2, 0.25) is 0 Å². The number of hydrogen-bond donors (Lipinski definition) is 0. The molecule has 0 atom stereocenters. The van der Waals surface area contributed by atoms with E-state index in [-0.39, 0.29) is 0 Å². The lowest BCUT2D eigenvalue weighted by molar-refractivity contribution is -0.0500. The summed E-state index contributed by atoms with van der Waals surface area (Å²) < 4.78 is 72.0. The van der Waals surface area contributed by atoms with E-state index in [0.717, 1.165) is 26.4 Å². The second kappa shape index (κ2) is 6.62. The lowest BCUT2D eigenvalue weighted by Gasteiger charge is -2.14. The molecule has 0 aliphatic heterocycles. The predicted molar refractivity (Wildman–Crippen MR) is 69.7 cm³/mol. The SMILES string of the molecule is COC(=O)c1ccc(C(=O)OC)c(OS(=O)(=O)C(F)(F)F)c1Cl. The van der Waals surface area contributed by atoms with Gasteiger partial charge in [-0.15, -0.1) is 0 Å². The third-order valence-electron chi connectivity index (χ3n) is 2.38. The number of ether oxygens (including phenoxy) is 2. The van der Waals surface area contributed by atoms with Crippen molar-refractivity contribution >= 4 is 33.7 Å². The Labute approximate surface area is 133 Å². The van der Waals surface area contributed by atoms with Crippen LogP contribution in [0, 0.1) is 0 Å². The van der Waals surface area contributed by atoms with Crippen LogP contribution in [0.25, 0.3) is 0 Å². The molecule has 0 amide bonds. The number of methoxy groups -OCH3 is 2. The molecule has 0 radical (unpaired) electrons. The normalized spacial score (nSPS) is 11.7. The first-order valence-electron chi connectivity index (χ1n) is 5.46. The second-order valence-electron chi connectivity index (χ2n) is 3.77.